The molecule has 2 aliphatic heterocycles. The maximum absolute atomic E-state index is 2.50. The van der Waals surface area contributed by atoms with Crippen molar-refractivity contribution in [2.75, 3.05) is 0 Å². The molecule has 2 heterocycles. The molecule has 0 saturated carbocycles. The summed E-state index contributed by atoms with van der Waals surface area (Å²) in [5.41, 5.74) is 3.17. The maximum atomic E-state index is 2.50. The quantitative estimate of drug-likeness (QED) is 0.620. The molecule has 0 N–H and O–H groups in total. The third-order valence-corrected chi connectivity index (χ3v) is 5.12. The highest BCUT2D eigenvalue weighted by atomic mass is 15.2. The minimum Gasteiger partial charge on any atom is -0.357 e. The largest absolute Gasteiger partial charge is 0.357 e. The first-order chi connectivity index (χ1) is 8.67. The van der Waals surface area contributed by atoms with Gasteiger partial charge >= 0.3 is 0 Å². The van der Waals surface area contributed by atoms with Crippen molar-refractivity contribution < 1.29 is 0 Å². The topological polar surface area (TPSA) is 3.24 Å². The summed E-state index contributed by atoms with van der Waals surface area (Å²) >= 11 is 0. The molecular formula is C17H17N. The van der Waals surface area contributed by atoms with Crippen molar-refractivity contribution in [3.63, 3.8) is 0 Å². The molecule has 3 unspecified atom stereocenters. The van der Waals surface area contributed by atoms with Gasteiger partial charge in [-0.25, -0.2) is 0 Å². The van der Waals surface area contributed by atoms with E-state index in [1.165, 1.54) is 11.1 Å². The molecule has 0 fully saturated rings. The van der Waals surface area contributed by atoms with E-state index in [1.807, 2.05) is 0 Å². The van der Waals surface area contributed by atoms with Crippen LogP contribution in [0.1, 0.15) is 31.0 Å². The summed E-state index contributed by atoms with van der Waals surface area (Å²) < 4.78 is 0. The summed E-state index contributed by atoms with van der Waals surface area (Å²) in [5.74, 6) is 0. The van der Waals surface area contributed by atoms with E-state index in [-0.39, 0.29) is 11.0 Å². The Kier molecular flexibility index (Phi) is 1.68. The normalized spacial score (nSPS) is 38.8. The molecule has 1 heteroatoms. The van der Waals surface area contributed by atoms with Crippen molar-refractivity contribution in [1.82, 2.24) is 4.90 Å². The molecule has 1 aliphatic carbocycles. The fraction of sp³-hybridized carbons (Fsp3) is 0.294. The molecule has 0 amide bonds. The molecule has 4 rings (SSSR count). The van der Waals surface area contributed by atoms with Crippen LogP contribution in [0.15, 0.2) is 60.8 Å². The van der Waals surface area contributed by atoms with Crippen molar-refractivity contribution in [2.24, 2.45) is 0 Å². The van der Waals surface area contributed by atoms with Gasteiger partial charge in [0.15, 0.2) is 0 Å². The number of allylic oxidation sites excluding steroid dienone is 2. The fourth-order valence-corrected chi connectivity index (χ4v) is 3.71. The fourth-order valence-electron chi connectivity index (χ4n) is 3.71. The summed E-state index contributed by atoms with van der Waals surface area (Å²) in [7, 11) is 0. The van der Waals surface area contributed by atoms with Crippen molar-refractivity contribution in [2.45, 2.75) is 30.8 Å². The zero-order valence-electron chi connectivity index (χ0n) is 10.8. The van der Waals surface area contributed by atoms with Crippen LogP contribution in [0.3, 0.4) is 0 Å². The summed E-state index contributed by atoms with van der Waals surface area (Å²) in [4.78, 5) is 2.50. The number of benzene rings is 1. The Bertz CT molecular complexity index is 610. The molecule has 0 spiro atoms. The lowest BCUT2D eigenvalue weighted by molar-refractivity contribution is 0.0760. The molecule has 0 bridgehead atoms. The zero-order chi connectivity index (χ0) is 12.4. The van der Waals surface area contributed by atoms with E-state index in [2.05, 4.69) is 79.6 Å². The standard InChI is InChI=1S/C17H17N/c1-16-10-11-17(16,2)18-12-6-5-9-15(18)13-7-3-4-8-14(13)16/h3-12,15H,1-2H3. The van der Waals surface area contributed by atoms with Gasteiger partial charge in [-0.05, 0) is 31.1 Å². The Labute approximate surface area is 108 Å². The van der Waals surface area contributed by atoms with Crippen LogP contribution in [0.5, 0.6) is 0 Å². The molecule has 1 aromatic carbocycles. The van der Waals surface area contributed by atoms with Crippen molar-refractivity contribution in [1.29, 1.82) is 0 Å². The van der Waals surface area contributed by atoms with E-state index in [4.69, 9.17) is 0 Å². The van der Waals surface area contributed by atoms with Gasteiger partial charge in [0, 0.05) is 11.6 Å². The van der Waals surface area contributed by atoms with Crippen LogP contribution in [0.4, 0.5) is 0 Å². The average molecular weight is 235 g/mol. The van der Waals surface area contributed by atoms with Crippen LogP contribution in [-0.2, 0) is 5.41 Å². The molecular weight excluding hydrogens is 218 g/mol. The molecule has 3 aliphatic rings. The van der Waals surface area contributed by atoms with Crippen LogP contribution in [0.25, 0.3) is 0 Å². The van der Waals surface area contributed by atoms with Gasteiger partial charge in [-0.15, -0.1) is 0 Å². The van der Waals surface area contributed by atoms with Gasteiger partial charge in [0.25, 0.3) is 0 Å². The van der Waals surface area contributed by atoms with Gasteiger partial charge in [-0.2, -0.15) is 0 Å². The lowest BCUT2D eigenvalue weighted by Gasteiger charge is -2.62. The molecule has 0 saturated heterocycles. The Morgan fingerprint density at radius 2 is 1.89 bits per heavy atom. The highest BCUT2D eigenvalue weighted by Crippen LogP contribution is 2.57. The second kappa shape index (κ2) is 2.97. The van der Waals surface area contributed by atoms with Gasteiger partial charge < -0.3 is 4.90 Å². The Morgan fingerprint density at radius 1 is 1.06 bits per heavy atom. The van der Waals surface area contributed by atoms with Crippen molar-refractivity contribution in [3.05, 3.63) is 72.0 Å². The highest BCUT2D eigenvalue weighted by Gasteiger charge is 2.57. The highest BCUT2D eigenvalue weighted by molar-refractivity contribution is 5.55. The number of hydrogen-bond donors (Lipinski definition) is 0. The molecule has 1 nitrogen and oxygen atoms in total. The number of hydrogen-bond acceptors (Lipinski definition) is 1. The van der Waals surface area contributed by atoms with Gasteiger partial charge in [0.05, 0.1) is 11.6 Å². The van der Waals surface area contributed by atoms with E-state index >= 15 is 0 Å². The smallest absolute Gasteiger partial charge is 0.0736 e. The van der Waals surface area contributed by atoms with Crippen LogP contribution in [0, 0.1) is 0 Å². The van der Waals surface area contributed by atoms with E-state index < -0.39 is 0 Å². The minimum absolute atomic E-state index is 0.104. The lowest BCUT2D eigenvalue weighted by Crippen LogP contribution is -2.64. The minimum atomic E-state index is 0.104. The Morgan fingerprint density at radius 3 is 2.67 bits per heavy atom. The number of fused-ring (bicyclic) bond motifs is 6. The Balaban J connectivity index is 2.03. The predicted octanol–water partition coefficient (Wildman–Crippen LogP) is 3.71. The third kappa shape index (κ3) is 0.915. The Hall–Kier alpha value is -1.76. The van der Waals surface area contributed by atoms with E-state index in [0.29, 0.717) is 6.04 Å². The summed E-state index contributed by atoms with van der Waals surface area (Å²) in [6.45, 7) is 4.70. The zero-order valence-corrected chi connectivity index (χ0v) is 10.8. The summed E-state index contributed by atoms with van der Waals surface area (Å²) in [6.07, 6.45) is 13.5. The van der Waals surface area contributed by atoms with E-state index in [1.54, 1.807) is 0 Å². The van der Waals surface area contributed by atoms with Crippen LogP contribution in [0.2, 0.25) is 0 Å². The first-order valence-corrected chi connectivity index (χ1v) is 6.60. The molecule has 0 aromatic heterocycles. The van der Waals surface area contributed by atoms with Crippen LogP contribution < -0.4 is 0 Å². The molecule has 3 atom stereocenters. The summed E-state index contributed by atoms with van der Waals surface area (Å²) in [6, 6.07) is 9.26. The van der Waals surface area contributed by atoms with Gasteiger partial charge in [0.1, 0.15) is 0 Å². The second-order valence-electron chi connectivity index (χ2n) is 5.85. The van der Waals surface area contributed by atoms with Gasteiger partial charge in [0.2, 0.25) is 0 Å². The maximum Gasteiger partial charge on any atom is 0.0736 e. The van der Waals surface area contributed by atoms with E-state index in [0.717, 1.165) is 0 Å². The van der Waals surface area contributed by atoms with E-state index in [9.17, 15) is 0 Å². The summed E-state index contributed by atoms with van der Waals surface area (Å²) in [5, 5.41) is 0. The molecule has 0 radical (unpaired) electrons. The second-order valence-corrected chi connectivity index (χ2v) is 5.85. The van der Waals surface area contributed by atoms with Crippen LogP contribution in [-0.4, -0.2) is 10.4 Å². The van der Waals surface area contributed by atoms with Gasteiger partial charge in [-0.3, -0.25) is 0 Å². The SMILES string of the molecule is CC12C=CC1(C)N1C=CC=CC1c1ccccc12. The molecule has 18 heavy (non-hydrogen) atoms. The van der Waals surface area contributed by atoms with Crippen LogP contribution >= 0.6 is 0 Å². The first-order valence-electron chi connectivity index (χ1n) is 6.60. The monoisotopic (exact) mass is 235 g/mol. The predicted molar refractivity (Wildman–Crippen MR) is 74.2 cm³/mol. The van der Waals surface area contributed by atoms with Crippen molar-refractivity contribution in [3.8, 4) is 0 Å². The number of rotatable bonds is 0. The number of nitrogens with zero attached hydrogens (tertiary/aromatic N) is 1. The van der Waals surface area contributed by atoms with Gasteiger partial charge in [-0.1, -0.05) is 48.6 Å². The average Bonchev–Trinajstić information content (AvgIpc) is 2.43. The van der Waals surface area contributed by atoms with Crippen molar-refractivity contribution >= 4 is 0 Å². The molecule has 90 valence electrons. The molecule has 1 aromatic rings. The first kappa shape index (κ1) is 10.2. The third-order valence-electron chi connectivity index (χ3n) is 5.12. The lowest BCUT2D eigenvalue weighted by atomic mass is 9.55.